The van der Waals surface area contributed by atoms with Crippen molar-refractivity contribution in [2.24, 2.45) is 0 Å². The molecule has 29 heteroatoms. The van der Waals surface area contributed by atoms with E-state index in [0.29, 0.717) is 95.8 Å². The lowest BCUT2D eigenvalue weighted by Crippen LogP contribution is -2.10. The van der Waals surface area contributed by atoms with E-state index in [1.165, 1.54) is 121 Å². The molecule has 0 aliphatic heterocycles. The van der Waals surface area contributed by atoms with Crippen LogP contribution in [0.5, 0.6) is 28.7 Å². The Morgan fingerprint density at radius 1 is 0.290 bits per heavy atom. The van der Waals surface area contributed by atoms with Crippen molar-refractivity contribution in [3.05, 3.63) is 297 Å². The number of H-pyrrole nitrogens is 4. The number of thioether (sulfide) groups is 4. The van der Waals surface area contributed by atoms with E-state index < -0.39 is 0 Å². The Labute approximate surface area is 736 Å². The monoisotopic (exact) mass is 1740 g/mol. The second-order valence-electron chi connectivity index (χ2n) is 33.9. The number of para-hydroxylation sites is 2. The first-order valence-electron chi connectivity index (χ1n) is 40.3. The minimum Gasteiger partial charge on any atom is -0.493 e. The Hall–Kier alpha value is -12.4. The van der Waals surface area contributed by atoms with Gasteiger partial charge < -0.3 is 23.7 Å². The second kappa shape index (κ2) is 38.1. The average Bonchev–Trinajstić information content (AvgIpc) is 1.66. The van der Waals surface area contributed by atoms with Gasteiger partial charge in [0.15, 0.2) is 78.0 Å². The van der Waals surface area contributed by atoms with E-state index in [0.717, 1.165) is 45.1 Å². The van der Waals surface area contributed by atoms with Gasteiger partial charge in [-0.25, -0.2) is 57.9 Å². The number of fused-ring (bicyclic) bond motifs is 4. The molecule has 8 heterocycles. The lowest BCUT2D eigenvalue weighted by molar-refractivity contribution is 0.344. The van der Waals surface area contributed by atoms with Gasteiger partial charge >= 0.3 is 0 Å². The molecule has 0 atom stereocenters. The molecule has 0 fully saturated rings. The highest BCUT2D eigenvalue weighted by Gasteiger charge is 2.23. The van der Waals surface area contributed by atoms with Crippen LogP contribution in [0.25, 0.3) is 68.1 Å². The van der Waals surface area contributed by atoms with E-state index in [2.05, 4.69) is 218 Å². The fourth-order valence-corrected chi connectivity index (χ4v) is 15.6. The summed E-state index contributed by atoms with van der Waals surface area (Å²) in [5.74, 6) is 7.40. The van der Waals surface area contributed by atoms with Gasteiger partial charge in [-0.3, -0.25) is 39.6 Å². The number of aromatic amines is 4. The van der Waals surface area contributed by atoms with Gasteiger partial charge in [0.2, 0.25) is 0 Å². The Balaban J connectivity index is 0.000000142. The number of nitrogens with zero attached hydrogens (tertiary/aromatic N) is 12. The summed E-state index contributed by atoms with van der Waals surface area (Å²) in [6.45, 7) is 38.5. The zero-order valence-electron chi connectivity index (χ0n) is 73.1. The highest BCUT2D eigenvalue weighted by atomic mass is 32.2. The summed E-state index contributed by atoms with van der Waals surface area (Å²) in [5, 5.41) is 13.5. The molecule has 0 bridgehead atoms. The van der Waals surface area contributed by atoms with Gasteiger partial charge in [-0.15, -0.1) is 0 Å². The molecule has 124 heavy (non-hydrogen) atoms. The molecule has 0 unspecified atom stereocenters. The smallest absolute Gasteiger partial charge is 0.266 e. The fourth-order valence-electron chi connectivity index (χ4n) is 12.7. The molecule has 8 aromatic heterocycles. The molecule has 16 aromatic rings. The number of hydrogen-bond donors (Lipinski definition) is 4. The summed E-state index contributed by atoms with van der Waals surface area (Å²) in [7, 11) is 1.60. The predicted molar refractivity (Wildman–Crippen MR) is 497 cm³/mol. The second-order valence-corrected chi connectivity index (χ2v) is 37.4. The highest BCUT2D eigenvalue weighted by molar-refractivity contribution is 7.99. The molecule has 16 rings (SSSR count). The van der Waals surface area contributed by atoms with Crippen LogP contribution in [0, 0.1) is 41.5 Å². The number of aromatic nitrogens is 16. The fraction of sp³-hybridized carbons (Fsp3) is 0.284. The molecule has 0 saturated carbocycles. The van der Waals surface area contributed by atoms with E-state index in [-0.39, 0.29) is 49.8 Å². The number of hydrogen-bond acceptors (Lipinski definition) is 21. The van der Waals surface area contributed by atoms with Crippen LogP contribution in [0.2, 0.25) is 0 Å². The minimum atomic E-state index is -0.234. The molecule has 0 radical (unpaired) electrons. The number of nitrogens with one attached hydrogen (secondary N) is 4. The van der Waals surface area contributed by atoms with Gasteiger partial charge in [0.05, 0.1) is 7.11 Å². The van der Waals surface area contributed by atoms with E-state index in [4.69, 9.17) is 38.6 Å². The lowest BCUT2D eigenvalue weighted by atomic mass is 9.86. The van der Waals surface area contributed by atoms with Crippen LogP contribution < -0.4 is 45.9 Å². The summed E-state index contributed by atoms with van der Waals surface area (Å²) in [5.41, 5.74) is 17.2. The van der Waals surface area contributed by atoms with Crippen LogP contribution in [0.15, 0.2) is 240 Å². The Morgan fingerprint density at radius 2 is 0.565 bits per heavy atom. The van der Waals surface area contributed by atoms with E-state index in [9.17, 15) is 19.2 Å². The predicted octanol–water partition coefficient (Wildman–Crippen LogP) is 19.9. The van der Waals surface area contributed by atoms with Gasteiger partial charge in [-0.2, -0.15) is 0 Å². The summed E-state index contributed by atoms with van der Waals surface area (Å²) in [6, 6.07) is 64.3. The van der Waals surface area contributed by atoms with Crippen molar-refractivity contribution in [3.8, 4) is 74.3 Å². The first-order chi connectivity index (χ1) is 59.0. The molecule has 8 aromatic carbocycles. The van der Waals surface area contributed by atoms with Crippen molar-refractivity contribution in [2.75, 3.05) is 30.9 Å². The molecular formula is C95H102N16O9S4. The number of benzene rings is 8. The average molecular weight is 1740 g/mol. The molecule has 0 aliphatic carbocycles. The molecular weight excluding hydrogens is 1640 g/mol. The summed E-state index contributed by atoms with van der Waals surface area (Å²) in [4.78, 5) is 84.8. The van der Waals surface area contributed by atoms with E-state index in [1.54, 1.807) is 25.2 Å². The van der Waals surface area contributed by atoms with E-state index >= 15 is 0 Å². The standard InChI is InChI=1S/3C24H26N4O2S.C23H24N4O3S/c2*1-15-6-11-19(12-16(15)2)30-14-31-23-26-22(25-20-13-21(29)27-28(20)23)17-7-9-18(10-8-17)24(3,4)5;1-15-7-6-8-19(16(15)2)30-14-31-23-26-22(25-20-13-21(29)27-28(20)23)17-9-11-18(12-10-17)24(3,4)5;1-23(2,3)16-11-9-15(10-12-16)21-24-19-13-20(28)26-27(19)22(25-21)31-14-30-18-8-6-5-7-17(18)29-4/h3*6-13H,14H2,1-5H3,(H,27,29);5-13H,14H2,1-4H3,(H,26,28). The maximum absolute atomic E-state index is 11.9. The molecule has 0 spiro atoms. The summed E-state index contributed by atoms with van der Waals surface area (Å²) in [6.07, 6.45) is 0. The SMILES string of the molecule is COc1ccccc1OCSc1nc(-c2ccc(C(C)(C)C)cc2)nc2cc(=O)[nH]n12.Cc1ccc(OCSc2nc(-c3ccc(C(C)(C)C)cc3)nc3cc(=O)[nH]n23)cc1C.Cc1ccc(OCSc2nc(-c3ccc(C(C)(C)C)cc3)nc3cc(=O)[nH]n23)cc1C.Cc1cccc(OCSc2nc(-c3ccc(C(C)(C)C)cc3)nc3cc(=O)[nH]n23)c1C. The first kappa shape index (κ1) is 89.3. The third-order valence-electron chi connectivity index (χ3n) is 20.5. The van der Waals surface area contributed by atoms with Crippen molar-refractivity contribution in [3.63, 3.8) is 0 Å². The lowest BCUT2D eigenvalue weighted by Gasteiger charge is -2.19. The molecule has 25 nitrogen and oxygen atoms in total. The van der Waals surface area contributed by atoms with Crippen molar-refractivity contribution in [1.82, 2.24) is 78.3 Å². The van der Waals surface area contributed by atoms with Crippen LogP contribution in [-0.2, 0) is 21.7 Å². The topological polar surface area (TPSA) is 298 Å². The first-order valence-corrected chi connectivity index (χ1v) is 44.2. The zero-order chi connectivity index (χ0) is 88.5. The highest BCUT2D eigenvalue weighted by Crippen LogP contribution is 2.35. The number of ether oxygens (including phenoxy) is 5. The number of methoxy groups -OCH3 is 1. The van der Waals surface area contributed by atoms with Crippen molar-refractivity contribution >= 4 is 69.6 Å². The molecule has 4 N–H and O–H groups in total. The Bertz CT molecular complexity index is 6520. The van der Waals surface area contributed by atoms with Gasteiger partial charge in [-0.1, -0.05) is 217 Å². The maximum Gasteiger partial charge on any atom is 0.266 e. The van der Waals surface area contributed by atoms with Crippen LogP contribution in [-0.4, -0.2) is 109 Å². The Kier molecular flexibility index (Phi) is 27.5. The van der Waals surface area contributed by atoms with Crippen molar-refractivity contribution in [1.29, 1.82) is 0 Å². The van der Waals surface area contributed by atoms with Crippen LogP contribution in [0.1, 0.15) is 139 Å². The van der Waals surface area contributed by atoms with Crippen molar-refractivity contribution < 1.29 is 23.7 Å². The summed E-state index contributed by atoms with van der Waals surface area (Å²) >= 11 is 5.57. The number of rotatable bonds is 21. The Morgan fingerprint density at radius 3 is 0.847 bits per heavy atom. The van der Waals surface area contributed by atoms with Gasteiger partial charge in [0.25, 0.3) is 22.2 Å². The molecule has 0 amide bonds. The van der Waals surface area contributed by atoms with E-state index in [1.807, 2.05) is 128 Å². The largest absolute Gasteiger partial charge is 0.493 e. The quantitative estimate of drug-likeness (QED) is 0.0384. The van der Waals surface area contributed by atoms with Crippen molar-refractivity contribution in [2.45, 2.75) is 167 Å². The third-order valence-corrected chi connectivity index (χ3v) is 23.6. The molecule has 640 valence electrons. The van der Waals surface area contributed by atoms with Gasteiger partial charge in [-0.05, 0) is 208 Å². The zero-order valence-corrected chi connectivity index (χ0v) is 76.3. The third kappa shape index (κ3) is 22.3. The van der Waals surface area contributed by atoms with Crippen LogP contribution >= 0.6 is 47.0 Å². The minimum absolute atomic E-state index is 0.0636. The summed E-state index contributed by atoms with van der Waals surface area (Å²) < 4.78 is 35.3. The van der Waals surface area contributed by atoms with Gasteiger partial charge in [0, 0.05) is 46.5 Å². The number of aryl methyl sites for hydroxylation is 5. The maximum atomic E-state index is 11.9. The molecule has 0 saturated heterocycles. The van der Waals surface area contributed by atoms with Crippen LogP contribution in [0.3, 0.4) is 0 Å². The normalized spacial score (nSPS) is 11.7. The van der Waals surface area contributed by atoms with Crippen LogP contribution in [0.4, 0.5) is 0 Å². The van der Waals surface area contributed by atoms with Gasteiger partial charge in [0.1, 0.15) is 41.0 Å². The molecule has 0 aliphatic rings.